The normalized spacial score (nSPS) is 24.6. The molecule has 1 atom stereocenters. The van der Waals surface area contributed by atoms with Gasteiger partial charge in [0, 0.05) is 5.56 Å². The first-order valence-electron chi connectivity index (χ1n) is 7.57. The van der Waals surface area contributed by atoms with Crippen LogP contribution < -0.4 is 11.3 Å². The number of benzene rings is 1. The molecule has 1 saturated carbocycles. The molecule has 0 aromatic heterocycles. The van der Waals surface area contributed by atoms with E-state index in [4.69, 9.17) is 5.84 Å². The predicted octanol–water partition coefficient (Wildman–Crippen LogP) is 4.08. The van der Waals surface area contributed by atoms with Crippen LogP contribution in [0.1, 0.15) is 57.1 Å². The van der Waals surface area contributed by atoms with Crippen molar-refractivity contribution in [2.24, 2.45) is 17.7 Å². The molecule has 3 N–H and O–H groups in total. The largest absolute Gasteiger partial charge is 0.271 e. The minimum atomic E-state index is -0.803. The van der Waals surface area contributed by atoms with Crippen molar-refractivity contribution in [1.29, 1.82) is 0 Å². The Morgan fingerprint density at radius 2 is 1.95 bits per heavy atom. The molecule has 112 valence electrons. The quantitative estimate of drug-likeness (QED) is 0.631. The van der Waals surface area contributed by atoms with Crippen LogP contribution in [-0.2, 0) is 0 Å². The molecular weight excluding hydrogens is 258 g/mol. The number of hydrogen-bond acceptors (Lipinski definition) is 2. The Morgan fingerprint density at radius 1 is 1.25 bits per heavy atom. The third-order valence-corrected chi connectivity index (χ3v) is 4.56. The smallest absolute Gasteiger partial charge is 0.163 e. The lowest BCUT2D eigenvalue weighted by molar-refractivity contribution is 0.212. The SMILES string of the molecule is CCCC1CCC(C(NN)c2cccc(F)c2F)CC1. The van der Waals surface area contributed by atoms with Crippen molar-refractivity contribution >= 4 is 0 Å². The number of rotatable bonds is 5. The Morgan fingerprint density at radius 3 is 2.55 bits per heavy atom. The molecule has 0 aliphatic heterocycles. The van der Waals surface area contributed by atoms with Crippen LogP contribution >= 0.6 is 0 Å². The topological polar surface area (TPSA) is 38.0 Å². The van der Waals surface area contributed by atoms with Crippen LogP contribution in [-0.4, -0.2) is 0 Å². The summed E-state index contributed by atoms with van der Waals surface area (Å²) in [6, 6.07) is 4.01. The maximum Gasteiger partial charge on any atom is 0.163 e. The van der Waals surface area contributed by atoms with Gasteiger partial charge in [0.25, 0.3) is 0 Å². The van der Waals surface area contributed by atoms with Gasteiger partial charge in [0.1, 0.15) is 0 Å². The monoisotopic (exact) mass is 282 g/mol. The summed E-state index contributed by atoms with van der Waals surface area (Å²) in [7, 11) is 0. The van der Waals surface area contributed by atoms with Gasteiger partial charge in [0.15, 0.2) is 11.6 Å². The maximum absolute atomic E-state index is 13.9. The Kier molecular flexibility index (Phi) is 5.49. The van der Waals surface area contributed by atoms with E-state index in [1.807, 2.05) is 0 Å². The van der Waals surface area contributed by atoms with E-state index in [0.29, 0.717) is 5.56 Å². The lowest BCUT2D eigenvalue weighted by atomic mass is 9.75. The Hall–Kier alpha value is -1.00. The zero-order chi connectivity index (χ0) is 14.5. The van der Waals surface area contributed by atoms with E-state index in [9.17, 15) is 8.78 Å². The molecule has 1 fully saturated rings. The van der Waals surface area contributed by atoms with Crippen LogP contribution in [0.2, 0.25) is 0 Å². The minimum absolute atomic E-state index is 0.282. The molecular formula is C16H24F2N2. The number of nitrogens with one attached hydrogen (secondary N) is 1. The first-order chi connectivity index (χ1) is 9.67. The van der Waals surface area contributed by atoms with Crippen LogP contribution in [0, 0.1) is 23.5 Å². The molecule has 0 spiro atoms. The van der Waals surface area contributed by atoms with Gasteiger partial charge in [-0.1, -0.05) is 44.7 Å². The fraction of sp³-hybridized carbons (Fsp3) is 0.625. The number of hydrazine groups is 1. The first kappa shape index (κ1) is 15.4. The maximum atomic E-state index is 13.9. The third kappa shape index (κ3) is 3.36. The van der Waals surface area contributed by atoms with E-state index in [0.717, 1.165) is 37.7 Å². The Labute approximate surface area is 119 Å². The average Bonchev–Trinajstić information content (AvgIpc) is 2.46. The molecule has 1 aliphatic rings. The summed E-state index contributed by atoms with van der Waals surface area (Å²) in [6.45, 7) is 2.21. The van der Waals surface area contributed by atoms with E-state index < -0.39 is 11.6 Å². The van der Waals surface area contributed by atoms with Crippen molar-refractivity contribution in [2.45, 2.75) is 51.5 Å². The molecule has 2 nitrogen and oxygen atoms in total. The van der Waals surface area contributed by atoms with E-state index >= 15 is 0 Å². The van der Waals surface area contributed by atoms with Gasteiger partial charge < -0.3 is 0 Å². The van der Waals surface area contributed by atoms with Crippen LogP contribution in [0.4, 0.5) is 8.78 Å². The highest BCUT2D eigenvalue weighted by Crippen LogP contribution is 2.38. The van der Waals surface area contributed by atoms with Gasteiger partial charge in [-0.15, -0.1) is 0 Å². The highest BCUT2D eigenvalue weighted by atomic mass is 19.2. The second-order valence-corrected chi connectivity index (χ2v) is 5.86. The molecule has 0 bridgehead atoms. The summed E-state index contributed by atoms with van der Waals surface area (Å²) < 4.78 is 27.3. The molecule has 0 heterocycles. The second kappa shape index (κ2) is 7.14. The van der Waals surface area contributed by atoms with E-state index in [1.165, 1.54) is 12.8 Å². The van der Waals surface area contributed by atoms with Gasteiger partial charge in [-0.25, -0.2) is 8.78 Å². The average molecular weight is 282 g/mol. The van der Waals surface area contributed by atoms with E-state index in [1.54, 1.807) is 12.1 Å². The summed E-state index contributed by atoms with van der Waals surface area (Å²) in [5.74, 6) is 5.10. The Balaban J connectivity index is 2.08. The molecule has 2 rings (SSSR count). The van der Waals surface area contributed by atoms with Crippen LogP contribution in [0.3, 0.4) is 0 Å². The molecule has 1 aliphatic carbocycles. The minimum Gasteiger partial charge on any atom is -0.271 e. The molecule has 1 aromatic rings. The summed E-state index contributed by atoms with van der Waals surface area (Å²) in [5, 5.41) is 0. The fourth-order valence-electron chi connectivity index (χ4n) is 3.46. The zero-order valence-corrected chi connectivity index (χ0v) is 12.0. The molecule has 0 amide bonds. The molecule has 0 radical (unpaired) electrons. The van der Waals surface area contributed by atoms with Crippen LogP contribution in [0.25, 0.3) is 0 Å². The van der Waals surface area contributed by atoms with Gasteiger partial charge in [0.05, 0.1) is 6.04 Å². The summed E-state index contributed by atoms with van der Waals surface area (Å²) in [4.78, 5) is 0. The molecule has 4 heteroatoms. The van der Waals surface area contributed by atoms with Crippen molar-refractivity contribution < 1.29 is 8.78 Å². The highest BCUT2D eigenvalue weighted by Gasteiger charge is 2.29. The van der Waals surface area contributed by atoms with Crippen LogP contribution in [0.15, 0.2) is 18.2 Å². The molecule has 1 unspecified atom stereocenters. The lowest BCUT2D eigenvalue weighted by Gasteiger charge is -2.34. The predicted molar refractivity (Wildman–Crippen MR) is 76.8 cm³/mol. The van der Waals surface area contributed by atoms with Gasteiger partial charge >= 0.3 is 0 Å². The van der Waals surface area contributed by atoms with Gasteiger partial charge in [-0.3, -0.25) is 11.3 Å². The lowest BCUT2D eigenvalue weighted by Crippen LogP contribution is -2.36. The summed E-state index contributed by atoms with van der Waals surface area (Å²) in [6.07, 6.45) is 6.85. The molecule has 20 heavy (non-hydrogen) atoms. The number of hydrogen-bond donors (Lipinski definition) is 2. The third-order valence-electron chi connectivity index (χ3n) is 4.56. The van der Waals surface area contributed by atoms with Gasteiger partial charge in [-0.2, -0.15) is 0 Å². The highest BCUT2D eigenvalue weighted by molar-refractivity contribution is 5.23. The fourth-order valence-corrected chi connectivity index (χ4v) is 3.46. The number of halogens is 2. The second-order valence-electron chi connectivity index (χ2n) is 5.86. The summed E-state index contributed by atoms with van der Waals surface area (Å²) in [5.41, 5.74) is 3.05. The Bertz CT molecular complexity index is 428. The van der Waals surface area contributed by atoms with Gasteiger partial charge in [0.2, 0.25) is 0 Å². The number of nitrogens with two attached hydrogens (primary N) is 1. The van der Waals surface area contributed by atoms with Crippen molar-refractivity contribution in [3.05, 3.63) is 35.4 Å². The van der Waals surface area contributed by atoms with E-state index in [-0.39, 0.29) is 12.0 Å². The van der Waals surface area contributed by atoms with Crippen molar-refractivity contribution in [3.8, 4) is 0 Å². The summed E-state index contributed by atoms with van der Waals surface area (Å²) >= 11 is 0. The molecule has 1 aromatic carbocycles. The molecule has 0 saturated heterocycles. The zero-order valence-electron chi connectivity index (χ0n) is 12.0. The van der Waals surface area contributed by atoms with Gasteiger partial charge in [-0.05, 0) is 30.7 Å². The van der Waals surface area contributed by atoms with Crippen molar-refractivity contribution in [1.82, 2.24) is 5.43 Å². The van der Waals surface area contributed by atoms with Crippen LogP contribution in [0.5, 0.6) is 0 Å². The standard InChI is InChI=1S/C16H24F2N2/c1-2-4-11-7-9-12(10-8-11)16(20-19)13-5-3-6-14(17)15(13)18/h3,5-6,11-12,16,20H,2,4,7-10,19H2,1H3. The van der Waals surface area contributed by atoms with Crippen molar-refractivity contribution in [3.63, 3.8) is 0 Å². The van der Waals surface area contributed by atoms with E-state index in [2.05, 4.69) is 12.3 Å². The van der Waals surface area contributed by atoms with Crippen molar-refractivity contribution in [2.75, 3.05) is 0 Å². The first-order valence-corrected chi connectivity index (χ1v) is 7.57.